The predicted octanol–water partition coefficient (Wildman–Crippen LogP) is 9.01. The summed E-state index contributed by atoms with van der Waals surface area (Å²) in [6.07, 6.45) is -0.963. The summed E-state index contributed by atoms with van der Waals surface area (Å²) in [5.74, 6) is -0.547. The summed E-state index contributed by atoms with van der Waals surface area (Å²) in [4.78, 5) is 11.3. The summed E-state index contributed by atoms with van der Waals surface area (Å²) in [6.45, 7) is 1.51. The molecule has 0 fully saturated rings. The van der Waals surface area contributed by atoms with Gasteiger partial charge in [-0.05, 0) is 94.8 Å². The Morgan fingerprint density at radius 1 is 0.938 bits per heavy atom. The fourth-order valence-electron chi connectivity index (χ4n) is 3.94. The summed E-state index contributed by atoms with van der Waals surface area (Å²) in [6, 6.07) is 20.8. The highest BCUT2D eigenvalue weighted by molar-refractivity contribution is 9.11. The van der Waals surface area contributed by atoms with Crippen molar-refractivity contribution in [1.29, 1.82) is 0 Å². The summed E-state index contributed by atoms with van der Waals surface area (Å²) in [7, 11) is 0. The van der Waals surface area contributed by atoms with Gasteiger partial charge in [0.2, 0.25) is 0 Å². The zero-order valence-electron chi connectivity index (χ0n) is 16.7. The summed E-state index contributed by atoms with van der Waals surface area (Å²) < 4.78 is 10.6. The SMILES string of the molecule is C[C@@H](Oc1c(Br)cc(-c2c3ccccc3c(Br)c3sc4ccccc4c23)cc1Br)C(=O)O. The van der Waals surface area contributed by atoms with Gasteiger partial charge in [-0.3, -0.25) is 0 Å². The molecular formula is C25H15Br3O3S. The van der Waals surface area contributed by atoms with E-state index < -0.39 is 12.1 Å². The van der Waals surface area contributed by atoms with E-state index in [0.717, 1.165) is 26.4 Å². The van der Waals surface area contributed by atoms with Crippen LogP contribution >= 0.6 is 59.1 Å². The van der Waals surface area contributed by atoms with Crippen LogP contribution in [0.5, 0.6) is 5.75 Å². The van der Waals surface area contributed by atoms with Crippen LogP contribution in [-0.4, -0.2) is 17.2 Å². The molecule has 1 heterocycles. The van der Waals surface area contributed by atoms with E-state index in [-0.39, 0.29) is 0 Å². The van der Waals surface area contributed by atoms with E-state index in [9.17, 15) is 9.90 Å². The number of aliphatic carboxylic acids is 1. The standard InChI is InChI=1S/C25H15Br3O3S/c1-12(25(29)30)31-23-17(26)10-13(11-18(23)27)20-14-6-2-3-7-15(14)22(28)24-21(20)16-8-4-5-9-19(16)32-24/h2-12H,1H3,(H,29,30)/t12-/m1/s1. The van der Waals surface area contributed by atoms with Crippen LogP contribution in [0.4, 0.5) is 0 Å². The molecule has 5 aromatic rings. The monoisotopic (exact) mass is 632 g/mol. The van der Waals surface area contributed by atoms with Gasteiger partial charge >= 0.3 is 5.97 Å². The van der Waals surface area contributed by atoms with Crippen LogP contribution in [0.1, 0.15) is 6.92 Å². The molecule has 1 atom stereocenters. The fraction of sp³-hybridized carbons (Fsp3) is 0.0800. The molecule has 7 heteroatoms. The maximum Gasteiger partial charge on any atom is 0.344 e. The van der Waals surface area contributed by atoms with Crippen molar-refractivity contribution in [2.75, 3.05) is 0 Å². The number of benzene rings is 4. The van der Waals surface area contributed by atoms with Crippen molar-refractivity contribution in [3.05, 3.63) is 74.1 Å². The molecule has 0 aliphatic rings. The van der Waals surface area contributed by atoms with Gasteiger partial charge in [-0.25, -0.2) is 4.79 Å². The highest BCUT2D eigenvalue weighted by atomic mass is 79.9. The number of carboxylic acid groups (broad SMARTS) is 1. The topological polar surface area (TPSA) is 46.5 Å². The number of carbonyl (C=O) groups is 1. The number of rotatable bonds is 4. The predicted molar refractivity (Wildman–Crippen MR) is 143 cm³/mol. The van der Waals surface area contributed by atoms with E-state index >= 15 is 0 Å². The maximum atomic E-state index is 11.3. The van der Waals surface area contributed by atoms with E-state index in [2.05, 4.69) is 90.3 Å². The van der Waals surface area contributed by atoms with Gasteiger partial charge in [-0.1, -0.05) is 42.5 Å². The van der Waals surface area contributed by atoms with Crippen molar-refractivity contribution in [2.24, 2.45) is 0 Å². The van der Waals surface area contributed by atoms with Crippen molar-refractivity contribution in [1.82, 2.24) is 0 Å². The first-order valence-corrected chi connectivity index (χ1v) is 13.0. The van der Waals surface area contributed by atoms with Gasteiger partial charge in [-0.15, -0.1) is 11.3 Å². The molecular weight excluding hydrogens is 620 g/mol. The quantitative estimate of drug-likeness (QED) is 0.215. The molecule has 0 saturated heterocycles. The minimum atomic E-state index is -1.02. The van der Waals surface area contributed by atoms with E-state index in [1.807, 2.05) is 18.2 Å². The molecule has 32 heavy (non-hydrogen) atoms. The molecule has 0 aliphatic carbocycles. The van der Waals surface area contributed by atoms with Crippen LogP contribution in [0.3, 0.4) is 0 Å². The van der Waals surface area contributed by atoms with Crippen molar-refractivity contribution in [3.63, 3.8) is 0 Å². The number of thiophene rings is 1. The van der Waals surface area contributed by atoms with Crippen LogP contribution in [0, 0.1) is 0 Å². The molecule has 0 radical (unpaired) electrons. The largest absolute Gasteiger partial charge is 0.479 e. The Kier molecular flexibility index (Phi) is 5.78. The van der Waals surface area contributed by atoms with Crippen LogP contribution in [0.15, 0.2) is 74.1 Å². The second kappa shape index (κ2) is 8.45. The highest BCUT2D eigenvalue weighted by Crippen LogP contribution is 2.49. The van der Waals surface area contributed by atoms with Gasteiger partial charge < -0.3 is 9.84 Å². The average molecular weight is 635 g/mol. The Hall–Kier alpha value is -1.93. The molecule has 0 bridgehead atoms. The summed E-state index contributed by atoms with van der Waals surface area (Å²) >= 11 is 12.8. The van der Waals surface area contributed by atoms with Gasteiger partial charge in [0.25, 0.3) is 0 Å². The second-order valence-corrected chi connectivity index (χ2v) is 11.0. The Labute approximate surface area is 213 Å². The second-order valence-electron chi connectivity index (χ2n) is 7.40. The molecule has 5 rings (SSSR count). The van der Waals surface area contributed by atoms with Crippen LogP contribution in [-0.2, 0) is 4.79 Å². The Balaban J connectivity index is 1.86. The van der Waals surface area contributed by atoms with Crippen molar-refractivity contribution < 1.29 is 14.6 Å². The molecule has 0 amide bonds. The number of ether oxygens (including phenoxy) is 1. The molecule has 1 aromatic heterocycles. The van der Waals surface area contributed by atoms with Crippen molar-refractivity contribution >= 4 is 96.0 Å². The van der Waals surface area contributed by atoms with Crippen LogP contribution in [0.2, 0.25) is 0 Å². The minimum Gasteiger partial charge on any atom is -0.479 e. The molecule has 160 valence electrons. The zero-order chi connectivity index (χ0) is 22.6. The zero-order valence-corrected chi connectivity index (χ0v) is 22.2. The lowest BCUT2D eigenvalue weighted by Gasteiger charge is -2.17. The van der Waals surface area contributed by atoms with Gasteiger partial charge in [0.15, 0.2) is 6.10 Å². The highest BCUT2D eigenvalue weighted by Gasteiger charge is 2.22. The van der Waals surface area contributed by atoms with Gasteiger partial charge in [0, 0.05) is 19.9 Å². The van der Waals surface area contributed by atoms with E-state index in [0.29, 0.717) is 14.7 Å². The molecule has 0 unspecified atom stereocenters. The molecule has 0 saturated carbocycles. The smallest absolute Gasteiger partial charge is 0.344 e. The Bertz CT molecular complexity index is 1520. The molecule has 1 N–H and O–H groups in total. The fourth-order valence-corrected chi connectivity index (χ4v) is 7.26. The lowest BCUT2D eigenvalue weighted by atomic mass is 9.93. The third-order valence-electron chi connectivity index (χ3n) is 5.41. The van der Waals surface area contributed by atoms with Crippen molar-refractivity contribution in [3.8, 4) is 16.9 Å². The number of carboxylic acids is 1. The first-order valence-electron chi connectivity index (χ1n) is 9.77. The normalized spacial score (nSPS) is 12.5. The number of hydrogen-bond donors (Lipinski definition) is 1. The molecule has 0 spiro atoms. The third-order valence-corrected chi connectivity index (χ3v) is 8.86. The third kappa shape index (κ3) is 3.55. The van der Waals surface area contributed by atoms with Gasteiger partial charge in [0.05, 0.1) is 13.6 Å². The van der Waals surface area contributed by atoms with E-state index in [4.69, 9.17) is 4.74 Å². The molecule has 3 nitrogen and oxygen atoms in total. The lowest BCUT2D eigenvalue weighted by molar-refractivity contribution is -0.144. The summed E-state index contributed by atoms with van der Waals surface area (Å²) in [5, 5.41) is 13.9. The van der Waals surface area contributed by atoms with Crippen molar-refractivity contribution in [2.45, 2.75) is 13.0 Å². The average Bonchev–Trinajstić information content (AvgIpc) is 3.16. The van der Waals surface area contributed by atoms with Gasteiger partial charge in [0.1, 0.15) is 5.75 Å². The maximum absolute atomic E-state index is 11.3. The Morgan fingerprint density at radius 3 is 2.19 bits per heavy atom. The van der Waals surface area contributed by atoms with Crippen LogP contribution < -0.4 is 4.74 Å². The van der Waals surface area contributed by atoms with E-state index in [1.165, 1.54) is 27.1 Å². The first kappa shape index (κ1) is 21.9. The van der Waals surface area contributed by atoms with E-state index in [1.54, 1.807) is 11.3 Å². The number of halogens is 3. The van der Waals surface area contributed by atoms with Gasteiger partial charge in [-0.2, -0.15) is 0 Å². The summed E-state index contributed by atoms with van der Waals surface area (Å²) in [5.41, 5.74) is 2.15. The number of fused-ring (bicyclic) bond motifs is 4. The first-order chi connectivity index (χ1) is 15.4. The molecule has 0 aliphatic heterocycles. The molecule has 4 aromatic carbocycles. The van der Waals surface area contributed by atoms with Crippen LogP contribution in [0.25, 0.3) is 42.1 Å². The Morgan fingerprint density at radius 2 is 1.53 bits per heavy atom. The minimum absolute atomic E-state index is 0.469. The number of hydrogen-bond acceptors (Lipinski definition) is 3. The lowest BCUT2D eigenvalue weighted by Crippen LogP contribution is -2.23.